The van der Waals surface area contributed by atoms with Crippen LogP contribution in [0.4, 0.5) is 0 Å². The third kappa shape index (κ3) is 2.82. The summed E-state index contributed by atoms with van der Waals surface area (Å²) in [4.78, 5) is 2.42. The van der Waals surface area contributed by atoms with Crippen molar-refractivity contribution in [2.24, 2.45) is 11.7 Å². The van der Waals surface area contributed by atoms with Gasteiger partial charge in [0.1, 0.15) is 11.6 Å². The lowest BCUT2D eigenvalue weighted by Gasteiger charge is -2.18. The van der Waals surface area contributed by atoms with Crippen LogP contribution in [0.15, 0.2) is 18.2 Å². The number of hydrogen-bond donors (Lipinski definition) is 2. The number of nitrogens with two attached hydrogens (primary N) is 1. The Morgan fingerprint density at radius 1 is 1.56 bits per heavy atom. The first kappa shape index (κ1) is 12.9. The molecule has 18 heavy (non-hydrogen) atoms. The van der Waals surface area contributed by atoms with Gasteiger partial charge in [-0.1, -0.05) is 6.92 Å². The summed E-state index contributed by atoms with van der Waals surface area (Å²) in [6.45, 7) is 5.42. The van der Waals surface area contributed by atoms with E-state index >= 15 is 0 Å². The fourth-order valence-electron chi connectivity index (χ4n) is 2.48. The summed E-state index contributed by atoms with van der Waals surface area (Å²) in [5.41, 5.74) is 7.41. The van der Waals surface area contributed by atoms with Crippen LogP contribution in [0.5, 0.6) is 5.75 Å². The minimum Gasteiger partial charge on any atom is -0.496 e. The monoisotopic (exact) mass is 247 g/mol. The van der Waals surface area contributed by atoms with E-state index in [2.05, 4.69) is 11.8 Å². The van der Waals surface area contributed by atoms with Crippen molar-refractivity contribution in [1.29, 1.82) is 5.41 Å². The number of hydrogen-bond acceptors (Lipinski definition) is 3. The Bertz CT molecular complexity index is 445. The average molecular weight is 247 g/mol. The minimum atomic E-state index is 0.105. The highest BCUT2D eigenvalue weighted by atomic mass is 16.5. The summed E-state index contributed by atoms with van der Waals surface area (Å²) in [7, 11) is 1.68. The topological polar surface area (TPSA) is 62.3 Å². The van der Waals surface area contributed by atoms with E-state index in [-0.39, 0.29) is 5.84 Å². The smallest absolute Gasteiger partial charge is 0.123 e. The van der Waals surface area contributed by atoms with Crippen LogP contribution in [0.1, 0.15) is 24.5 Å². The molecule has 1 aromatic rings. The van der Waals surface area contributed by atoms with Crippen LogP contribution in [0.2, 0.25) is 0 Å². The van der Waals surface area contributed by atoms with Crippen molar-refractivity contribution in [1.82, 2.24) is 4.90 Å². The maximum absolute atomic E-state index is 7.50. The summed E-state index contributed by atoms with van der Waals surface area (Å²) in [6.07, 6.45) is 1.26. The van der Waals surface area contributed by atoms with Gasteiger partial charge in [-0.15, -0.1) is 0 Å². The van der Waals surface area contributed by atoms with Gasteiger partial charge in [-0.25, -0.2) is 0 Å². The van der Waals surface area contributed by atoms with Crippen molar-refractivity contribution in [3.63, 3.8) is 0 Å². The van der Waals surface area contributed by atoms with Crippen molar-refractivity contribution < 1.29 is 4.74 Å². The van der Waals surface area contributed by atoms with E-state index in [1.165, 1.54) is 6.42 Å². The third-order valence-corrected chi connectivity index (χ3v) is 3.49. The minimum absolute atomic E-state index is 0.105. The summed E-state index contributed by atoms with van der Waals surface area (Å²) in [5.74, 6) is 1.75. The van der Waals surface area contributed by atoms with E-state index in [0.29, 0.717) is 0 Å². The first-order valence-electron chi connectivity index (χ1n) is 6.34. The molecule has 0 saturated carbocycles. The molecule has 1 aliphatic rings. The predicted molar refractivity (Wildman–Crippen MR) is 73.1 cm³/mol. The van der Waals surface area contributed by atoms with Crippen LogP contribution in [0, 0.1) is 11.3 Å². The normalized spacial score (nSPS) is 20.0. The standard InChI is InChI=1S/C14H21N3O/c1-10-5-6-17(8-10)9-12-7-11(14(15)16)3-4-13(12)18-2/h3-4,7,10H,5-6,8-9H2,1-2H3,(H3,15,16). The Labute approximate surface area is 108 Å². The largest absolute Gasteiger partial charge is 0.496 e. The van der Waals surface area contributed by atoms with Crippen molar-refractivity contribution >= 4 is 5.84 Å². The molecule has 0 aliphatic carbocycles. The Kier molecular flexibility index (Phi) is 3.87. The van der Waals surface area contributed by atoms with E-state index in [1.54, 1.807) is 7.11 Å². The lowest BCUT2D eigenvalue weighted by Crippen LogP contribution is -2.20. The summed E-state index contributed by atoms with van der Waals surface area (Å²) >= 11 is 0. The van der Waals surface area contributed by atoms with Crippen molar-refractivity contribution in [3.8, 4) is 5.75 Å². The highest BCUT2D eigenvalue weighted by Crippen LogP contribution is 2.24. The Morgan fingerprint density at radius 3 is 2.89 bits per heavy atom. The Balaban J connectivity index is 2.18. The van der Waals surface area contributed by atoms with Crippen LogP contribution < -0.4 is 10.5 Å². The van der Waals surface area contributed by atoms with Gasteiger partial charge in [0, 0.05) is 24.2 Å². The molecule has 98 valence electrons. The van der Waals surface area contributed by atoms with Gasteiger partial charge in [-0.2, -0.15) is 0 Å². The molecule has 3 N–H and O–H groups in total. The second kappa shape index (κ2) is 5.40. The number of nitrogen functional groups attached to an aromatic ring is 1. The Morgan fingerprint density at radius 2 is 2.33 bits per heavy atom. The zero-order valence-electron chi connectivity index (χ0n) is 11.1. The van der Waals surface area contributed by atoms with Gasteiger partial charge in [0.2, 0.25) is 0 Å². The quantitative estimate of drug-likeness (QED) is 0.630. The van der Waals surface area contributed by atoms with Crippen molar-refractivity contribution in [2.75, 3.05) is 20.2 Å². The van der Waals surface area contributed by atoms with E-state index in [1.807, 2.05) is 18.2 Å². The van der Waals surface area contributed by atoms with Gasteiger partial charge in [0.15, 0.2) is 0 Å². The zero-order valence-corrected chi connectivity index (χ0v) is 11.1. The highest BCUT2D eigenvalue weighted by molar-refractivity contribution is 5.95. The second-order valence-electron chi connectivity index (χ2n) is 5.07. The average Bonchev–Trinajstić information content (AvgIpc) is 2.74. The maximum Gasteiger partial charge on any atom is 0.123 e. The van der Waals surface area contributed by atoms with Crippen LogP contribution in [0.25, 0.3) is 0 Å². The number of amidine groups is 1. The van der Waals surface area contributed by atoms with Crippen LogP contribution in [-0.4, -0.2) is 30.9 Å². The van der Waals surface area contributed by atoms with Crippen molar-refractivity contribution in [3.05, 3.63) is 29.3 Å². The molecule has 1 saturated heterocycles. The maximum atomic E-state index is 7.50. The number of likely N-dealkylation sites (tertiary alicyclic amines) is 1. The number of ether oxygens (including phenoxy) is 1. The van der Waals surface area contributed by atoms with Crippen LogP contribution >= 0.6 is 0 Å². The fraction of sp³-hybridized carbons (Fsp3) is 0.500. The molecule has 1 aliphatic heterocycles. The molecule has 1 aromatic carbocycles. The lowest BCUT2D eigenvalue weighted by atomic mass is 10.1. The first-order valence-corrected chi connectivity index (χ1v) is 6.34. The van der Waals surface area contributed by atoms with E-state index < -0.39 is 0 Å². The lowest BCUT2D eigenvalue weighted by molar-refractivity contribution is 0.311. The summed E-state index contributed by atoms with van der Waals surface area (Å²) in [5, 5.41) is 7.50. The second-order valence-corrected chi connectivity index (χ2v) is 5.07. The SMILES string of the molecule is COc1ccc(C(=N)N)cc1CN1CCC(C)C1. The molecule has 0 aromatic heterocycles. The van der Waals surface area contributed by atoms with E-state index in [4.69, 9.17) is 15.9 Å². The number of benzene rings is 1. The molecule has 0 radical (unpaired) electrons. The van der Waals surface area contributed by atoms with Gasteiger partial charge in [0.25, 0.3) is 0 Å². The molecule has 2 rings (SSSR count). The van der Waals surface area contributed by atoms with Gasteiger partial charge in [0.05, 0.1) is 7.11 Å². The van der Waals surface area contributed by atoms with E-state index in [0.717, 1.165) is 42.4 Å². The van der Waals surface area contributed by atoms with E-state index in [9.17, 15) is 0 Å². The van der Waals surface area contributed by atoms with Gasteiger partial charge < -0.3 is 10.5 Å². The molecule has 0 amide bonds. The molecular weight excluding hydrogens is 226 g/mol. The summed E-state index contributed by atoms with van der Waals surface area (Å²) in [6, 6.07) is 5.69. The number of methoxy groups -OCH3 is 1. The predicted octanol–water partition coefficient (Wildman–Crippen LogP) is 1.82. The van der Waals surface area contributed by atoms with Crippen LogP contribution in [-0.2, 0) is 6.54 Å². The molecular formula is C14H21N3O. The van der Waals surface area contributed by atoms with Gasteiger partial charge >= 0.3 is 0 Å². The summed E-state index contributed by atoms with van der Waals surface area (Å²) < 4.78 is 5.38. The third-order valence-electron chi connectivity index (χ3n) is 3.49. The first-order chi connectivity index (χ1) is 8.60. The number of nitrogens with zero attached hydrogens (tertiary/aromatic N) is 1. The molecule has 1 heterocycles. The number of rotatable bonds is 4. The van der Waals surface area contributed by atoms with Crippen molar-refractivity contribution in [2.45, 2.75) is 19.9 Å². The number of nitrogens with one attached hydrogen (secondary N) is 1. The molecule has 4 nitrogen and oxygen atoms in total. The fourth-order valence-corrected chi connectivity index (χ4v) is 2.48. The zero-order chi connectivity index (χ0) is 13.1. The molecule has 0 bridgehead atoms. The molecule has 0 spiro atoms. The van der Waals surface area contributed by atoms with Crippen LogP contribution in [0.3, 0.4) is 0 Å². The molecule has 1 fully saturated rings. The van der Waals surface area contributed by atoms with Gasteiger partial charge in [-0.05, 0) is 37.1 Å². The van der Waals surface area contributed by atoms with Gasteiger partial charge in [-0.3, -0.25) is 10.3 Å². The Hall–Kier alpha value is -1.55. The highest BCUT2D eigenvalue weighted by Gasteiger charge is 2.20. The molecule has 1 unspecified atom stereocenters. The molecule has 4 heteroatoms. The molecule has 1 atom stereocenters.